The summed E-state index contributed by atoms with van der Waals surface area (Å²) in [6, 6.07) is 0. The Kier molecular flexibility index (Phi) is 3.31. The zero-order valence-electron chi connectivity index (χ0n) is 8.99. The van der Waals surface area contributed by atoms with E-state index < -0.39 is 6.10 Å². The van der Waals surface area contributed by atoms with Crippen LogP contribution in [0.4, 0.5) is 0 Å². The molecule has 14 heavy (non-hydrogen) atoms. The third-order valence-electron chi connectivity index (χ3n) is 2.32. The minimum atomic E-state index is -0.479. The Morgan fingerprint density at radius 3 is 2.57 bits per heavy atom. The topological polar surface area (TPSA) is 23.5 Å². The van der Waals surface area contributed by atoms with Gasteiger partial charge in [-0.15, -0.1) is 0 Å². The minimum Gasteiger partial charge on any atom is -0.387 e. The molecule has 0 fully saturated rings. The Morgan fingerprint density at radius 1 is 1.50 bits per heavy atom. The smallest absolute Gasteiger partial charge is 0.0917 e. The third kappa shape index (κ3) is 1.80. The van der Waals surface area contributed by atoms with Crippen LogP contribution in [0.3, 0.4) is 0 Å². The van der Waals surface area contributed by atoms with E-state index in [0.29, 0.717) is 0 Å². The molecule has 0 radical (unpaired) electrons. The van der Waals surface area contributed by atoms with Gasteiger partial charge >= 0.3 is 0 Å². The first-order valence-electron chi connectivity index (χ1n) is 4.76. The molecule has 1 heterocycles. The maximum atomic E-state index is 9.65. The standard InChI is InChI=1S/C12H17NO/c1-5-11-8-7-9(3)12(10(4)14)13(11)6-2/h5-8,10,14H,2H2,1,3-4H3/b11-5-. The minimum absolute atomic E-state index is 0.479. The summed E-state index contributed by atoms with van der Waals surface area (Å²) in [6.07, 6.45) is 7.27. The van der Waals surface area contributed by atoms with Crippen LogP contribution in [-0.4, -0.2) is 16.1 Å². The SMILES string of the molecule is C=CN1C(C(C)O)=C(C)C=C/C1=C/C. The molecule has 0 aromatic rings. The van der Waals surface area contributed by atoms with Crippen LogP contribution in [0.1, 0.15) is 20.8 Å². The second-order valence-corrected chi connectivity index (χ2v) is 3.34. The largest absolute Gasteiger partial charge is 0.387 e. The van der Waals surface area contributed by atoms with Crippen molar-refractivity contribution in [3.63, 3.8) is 0 Å². The highest BCUT2D eigenvalue weighted by molar-refractivity contribution is 5.40. The summed E-state index contributed by atoms with van der Waals surface area (Å²) in [5, 5.41) is 9.65. The van der Waals surface area contributed by atoms with E-state index in [9.17, 15) is 5.11 Å². The molecule has 1 N–H and O–H groups in total. The predicted octanol–water partition coefficient (Wildman–Crippen LogP) is 2.56. The molecular formula is C12H17NO. The van der Waals surface area contributed by atoms with Crippen molar-refractivity contribution in [2.75, 3.05) is 0 Å². The zero-order chi connectivity index (χ0) is 10.7. The average molecular weight is 191 g/mol. The molecule has 1 aliphatic heterocycles. The predicted molar refractivity (Wildman–Crippen MR) is 59.3 cm³/mol. The van der Waals surface area contributed by atoms with Gasteiger partial charge in [0.2, 0.25) is 0 Å². The lowest BCUT2D eigenvalue weighted by molar-refractivity contribution is 0.203. The van der Waals surface area contributed by atoms with Crippen molar-refractivity contribution in [2.45, 2.75) is 26.9 Å². The lowest BCUT2D eigenvalue weighted by Crippen LogP contribution is -2.26. The fraction of sp³-hybridized carbons (Fsp3) is 0.333. The van der Waals surface area contributed by atoms with E-state index in [2.05, 4.69) is 6.58 Å². The van der Waals surface area contributed by atoms with Crippen LogP contribution >= 0.6 is 0 Å². The molecule has 0 saturated carbocycles. The molecule has 0 aromatic heterocycles. The molecule has 1 rings (SSSR count). The maximum absolute atomic E-state index is 9.65. The summed E-state index contributed by atoms with van der Waals surface area (Å²) in [6.45, 7) is 9.48. The molecule has 0 amide bonds. The summed E-state index contributed by atoms with van der Waals surface area (Å²) >= 11 is 0. The number of hydrogen-bond acceptors (Lipinski definition) is 2. The Bertz CT molecular complexity index is 321. The molecule has 1 aliphatic rings. The van der Waals surface area contributed by atoms with Gasteiger partial charge in [-0.05, 0) is 32.4 Å². The fourth-order valence-corrected chi connectivity index (χ4v) is 1.67. The Labute approximate surface area is 85.5 Å². The van der Waals surface area contributed by atoms with Gasteiger partial charge in [-0.1, -0.05) is 18.7 Å². The second-order valence-electron chi connectivity index (χ2n) is 3.34. The van der Waals surface area contributed by atoms with Crippen LogP contribution < -0.4 is 0 Å². The molecule has 0 saturated heterocycles. The van der Waals surface area contributed by atoms with Gasteiger partial charge in [0.1, 0.15) is 0 Å². The zero-order valence-corrected chi connectivity index (χ0v) is 8.99. The molecule has 2 heteroatoms. The van der Waals surface area contributed by atoms with Crippen molar-refractivity contribution in [2.24, 2.45) is 0 Å². The molecule has 2 nitrogen and oxygen atoms in total. The van der Waals surface area contributed by atoms with Gasteiger partial charge in [0.15, 0.2) is 0 Å². The van der Waals surface area contributed by atoms with Crippen LogP contribution in [0, 0.1) is 0 Å². The van der Waals surface area contributed by atoms with Crippen molar-refractivity contribution in [3.05, 3.63) is 48.0 Å². The lowest BCUT2D eigenvalue weighted by Gasteiger charge is -2.30. The Morgan fingerprint density at radius 2 is 2.14 bits per heavy atom. The van der Waals surface area contributed by atoms with Crippen molar-refractivity contribution >= 4 is 0 Å². The van der Waals surface area contributed by atoms with Crippen LogP contribution in [0.15, 0.2) is 48.0 Å². The molecule has 1 unspecified atom stereocenters. The fourth-order valence-electron chi connectivity index (χ4n) is 1.67. The van der Waals surface area contributed by atoms with Gasteiger partial charge in [-0.2, -0.15) is 0 Å². The van der Waals surface area contributed by atoms with Gasteiger partial charge < -0.3 is 10.0 Å². The first kappa shape index (κ1) is 10.8. The van der Waals surface area contributed by atoms with Gasteiger partial charge in [0.05, 0.1) is 11.8 Å². The second kappa shape index (κ2) is 4.29. The molecule has 0 spiro atoms. The molecule has 0 aromatic carbocycles. The molecular weight excluding hydrogens is 174 g/mol. The van der Waals surface area contributed by atoms with E-state index in [-0.39, 0.29) is 0 Å². The van der Waals surface area contributed by atoms with E-state index in [1.54, 1.807) is 13.1 Å². The number of nitrogens with zero attached hydrogens (tertiary/aromatic N) is 1. The highest BCUT2D eigenvalue weighted by Gasteiger charge is 2.19. The first-order chi connectivity index (χ1) is 6.61. The average Bonchev–Trinajstić information content (AvgIpc) is 2.16. The van der Waals surface area contributed by atoms with Crippen molar-refractivity contribution in [3.8, 4) is 0 Å². The van der Waals surface area contributed by atoms with E-state index in [1.807, 2.05) is 37.0 Å². The number of aliphatic hydroxyl groups excluding tert-OH is 1. The number of allylic oxidation sites excluding steroid dienone is 4. The van der Waals surface area contributed by atoms with E-state index in [1.165, 1.54) is 0 Å². The highest BCUT2D eigenvalue weighted by Crippen LogP contribution is 2.26. The summed E-state index contributed by atoms with van der Waals surface area (Å²) < 4.78 is 0. The lowest BCUT2D eigenvalue weighted by atomic mass is 10.0. The first-order valence-corrected chi connectivity index (χ1v) is 4.76. The monoisotopic (exact) mass is 191 g/mol. The quantitative estimate of drug-likeness (QED) is 0.725. The van der Waals surface area contributed by atoms with Crippen molar-refractivity contribution in [1.82, 2.24) is 4.90 Å². The van der Waals surface area contributed by atoms with E-state index >= 15 is 0 Å². The van der Waals surface area contributed by atoms with Gasteiger partial charge in [0.25, 0.3) is 0 Å². The van der Waals surface area contributed by atoms with Crippen LogP contribution in [-0.2, 0) is 0 Å². The van der Waals surface area contributed by atoms with Crippen LogP contribution in [0.25, 0.3) is 0 Å². The molecule has 0 bridgehead atoms. The normalized spacial score (nSPS) is 21.7. The molecule has 76 valence electrons. The summed E-state index contributed by atoms with van der Waals surface area (Å²) in [7, 11) is 0. The Balaban J connectivity index is 3.18. The van der Waals surface area contributed by atoms with E-state index in [4.69, 9.17) is 0 Å². The van der Waals surface area contributed by atoms with Crippen LogP contribution in [0.2, 0.25) is 0 Å². The van der Waals surface area contributed by atoms with Crippen molar-refractivity contribution < 1.29 is 5.11 Å². The van der Waals surface area contributed by atoms with Gasteiger partial charge in [-0.25, -0.2) is 0 Å². The summed E-state index contributed by atoms with van der Waals surface area (Å²) in [4.78, 5) is 1.92. The van der Waals surface area contributed by atoms with Gasteiger partial charge in [-0.3, -0.25) is 0 Å². The Hall–Kier alpha value is -1.28. The third-order valence-corrected chi connectivity index (χ3v) is 2.32. The summed E-state index contributed by atoms with van der Waals surface area (Å²) in [5.74, 6) is 0. The van der Waals surface area contributed by atoms with Gasteiger partial charge in [0, 0.05) is 11.9 Å². The summed E-state index contributed by atoms with van der Waals surface area (Å²) in [5.41, 5.74) is 3.02. The number of hydrogen-bond donors (Lipinski definition) is 1. The molecule has 0 aliphatic carbocycles. The molecule has 1 atom stereocenters. The number of rotatable bonds is 2. The van der Waals surface area contributed by atoms with E-state index in [0.717, 1.165) is 17.0 Å². The number of aliphatic hydroxyl groups is 1. The highest BCUT2D eigenvalue weighted by atomic mass is 16.3. The maximum Gasteiger partial charge on any atom is 0.0917 e. The van der Waals surface area contributed by atoms with Crippen LogP contribution in [0.5, 0.6) is 0 Å². The van der Waals surface area contributed by atoms with Crippen molar-refractivity contribution in [1.29, 1.82) is 0 Å².